The molecule has 7 heteroatoms. The molecule has 190 valence electrons. The quantitative estimate of drug-likeness (QED) is 0.592. The van der Waals surface area contributed by atoms with E-state index in [4.69, 9.17) is 0 Å². The van der Waals surface area contributed by atoms with Crippen molar-refractivity contribution in [3.63, 3.8) is 0 Å². The fraction of sp³-hybridized carbons (Fsp3) is 0.517. The van der Waals surface area contributed by atoms with Gasteiger partial charge in [-0.1, -0.05) is 24.3 Å². The van der Waals surface area contributed by atoms with Gasteiger partial charge in [0.25, 0.3) is 0 Å². The van der Waals surface area contributed by atoms with E-state index < -0.39 is 0 Å². The standard InChI is InChI=1S/C29H38N6O/c1-21(2)31-29(36)34-16-14-33(15-17-34)27-9-11-30-35-20-25(18-28(27)35)22-5-7-23(8-6-22)26-10-13-32-12-3-4-24(26)19-32/h5-9,11,18,20-21,24,26H,3-4,10,12-17,19H2,1-2H3,(H,31,36). The second-order valence-corrected chi connectivity index (χ2v) is 11.1. The second-order valence-electron chi connectivity index (χ2n) is 11.1. The van der Waals surface area contributed by atoms with Crippen LogP contribution in [0.2, 0.25) is 0 Å². The van der Waals surface area contributed by atoms with Crippen LogP contribution in [0.3, 0.4) is 0 Å². The summed E-state index contributed by atoms with van der Waals surface area (Å²) in [4.78, 5) is 19.3. The number of nitrogens with one attached hydrogen (secondary N) is 1. The number of carbonyl (C=O) groups excluding carboxylic acids is 1. The van der Waals surface area contributed by atoms with Crippen LogP contribution in [0.25, 0.3) is 16.6 Å². The molecular weight excluding hydrogens is 448 g/mol. The molecule has 6 rings (SSSR count). The van der Waals surface area contributed by atoms with Crippen LogP contribution in [0.15, 0.2) is 48.8 Å². The largest absolute Gasteiger partial charge is 0.366 e. The Morgan fingerprint density at radius 1 is 0.972 bits per heavy atom. The second kappa shape index (κ2) is 9.77. The van der Waals surface area contributed by atoms with Crippen molar-refractivity contribution in [3.05, 3.63) is 54.4 Å². The van der Waals surface area contributed by atoms with Crippen molar-refractivity contribution in [3.8, 4) is 11.1 Å². The van der Waals surface area contributed by atoms with Crippen molar-refractivity contribution in [2.75, 3.05) is 50.7 Å². The van der Waals surface area contributed by atoms with Crippen LogP contribution in [0.5, 0.6) is 0 Å². The number of nitrogens with zero attached hydrogens (tertiary/aromatic N) is 5. The minimum Gasteiger partial charge on any atom is -0.366 e. The van der Waals surface area contributed by atoms with Crippen molar-refractivity contribution < 1.29 is 4.79 Å². The molecule has 2 aromatic heterocycles. The molecule has 7 nitrogen and oxygen atoms in total. The SMILES string of the molecule is CC(C)NC(=O)N1CCN(c2ccnn3cc(-c4ccc(C5CCN6CCCC5C6)cc4)cc23)CC1. The number of benzene rings is 1. The van der Waals surface area contributed by atoms with Crippen LogP contribution in [0, 0.1) is 5.92 Å². The summed E-state index contributed by atoms with van der Waals surface area (Å²) in [6.07, 6.45) is 8.04. The minimum absolute atomic E-state index is 0.0342. The first kappa shape index (κ1) is 23.3. The van der Waals surface area contributed by atoms with Crippen LogP contribution in [-0.2, 0) is 0 Å². The summed E-state index contributed by atoms with van der Waals surface area (Å²) in [6.45, 7) is 10.9. The van der Waals surface area contributed by atoms with E-state index in [9.17, 15) is 4.79 Å². The van der Waals surface area contributed by atoms with Gasteiger partial charge in [-0.3, -0.25) is 0 Å². The molecule has 5 heterocycles. The van der Waals surface area contributed by atoms with Gasteiger partial charge in [-0.25, -0.2) is 9.31 Å². The fourth-order valence-corrected chi connectivity index (χ4v) is 6.46. The Morgan fingerprint density at radius 2 is 1.78 bits per heavy atom. The van der Waals surface area contributed by atoms with E-state index in [1.807, 2.05) is 29.5 Å². The lowest BCUT2D eigenvalue weighted by Crippen LogP contribution is -2.53. The average molecular weight is 487 g/mol. The van der Waals surface area contributed by atoms with Gasteiger partial charge in [0.15, 0.2) is 0 Å². The summed E-state index contributed by atoms with van der Waals surface area (Å²) in [5, 5.41) is 7.60. The molecule has 3 saturated heterocycles. The Hall–Kier alpha value is -3.06. The number of hydrogen-bond acceptors (Lipinski definition) is 4. The Morgan fingerprint density at radius 3 is 2.56 bits per heavy atom. The number of amides is 2. The van der Waals surface area contributed by atoms with Gasteiger partial charge >= 0.3 is 6.03 Å². The Balaban J connectivity index is 1.18. The molecule has 0 spiro atoms. The van der Waals surface area contributed by atoms with E-state index in [0.717, 1.165) is 37.6 Å². The highest BCUT2D eigenvalue weighted by molar-refractivity contribution is 5.80. The van der Waals surface area contributed by atoms with E-state index in [0.29, 0.717) is 5.92 Å². The number of aromatic nitrogens is 2. The Bertz CT molecular complexity index is 1210. The smallest absolute Gasteiger partial charge is 0.317 e. The van der Waals surface area contributed by atoms with Crippen LogP contribution in [0.1, 0.15) is 44.6 Å². The molecule has 1 aromatic carbocycles. The number of anilines is 1. The van der Waals surface area contributed by atoms with Gasteiger partial charge in [-0.05, 0) is 81.3 Å². The number of carbonyl (C=O) groups is 1. The summed E-state index contributed by atoms with van der Waals surface area (Å²) in [7, 11) is 0. The number of piperidine rings is 2. The molecule has 3 aliphatic heterocycles. The van der Waals surface area contributed by atoms with Crippen molar-refractivity contribution >= 4 is 17.2 Å². The van der Waals surface area contributed by atoms with E-state index in [1.54, 1.807) is 0 Å². The molecule has 3 fully saturated rings. The van der Waals surface area contributed by atoms with Gasteiger partial charge in [-0.15, -0.1) is 0 Å². The van der Waals surface area contributed by atoms with E-state index in [2.05, 4.69) is 62.8 Å². The van der Waals surface area contributed by atoms with Gasteiger partial charge in [0.05, 0.1) is 11.2 Å². The number of hydrogen-bond donors (Lipinski definition) is 1. The number of piperazine rings is 1. The zero-order valence-electron chi connectivity index (χ0n) is 21.6. The van der Waals surface area contributed by atoms with Gasteiger partial charge in [0.2, 0.25) is 0 Å². The van der Waals surface area contributed by atoms with Crippen LogP contribution >= 0.6 is 0 Å². The lowest BCUT2D eigenvalue weighted by atomic mass is 9.76. The maximum Gasteiger partial charge on any atom is 0.317 e. The van der Waals surface area contributed by atoms with Crippen molar-refractivity contribution in [1.29, 1.82) is 0 Å². The Kier molecular flexibility index (Phi) is 6.34. The molecule has 1 N–H and O–H groups in total. The monoisotopic (exact) mass is 486 g/mol. The van der Waals surface area contributed by atoms with Crippen molar-refractivity contribution in [2.24, 2.45) is 5.92 Å². The lowest BCUT2D eigenvalue weighted by molar-refractivity contribution is 0.105. The van der Waals surface area contributed by atoms with Crippen molar-refractivity contribution in [2.45, 2.75) is 45.1 Å². The maximum absolute atomic E-state index is 12.4. The molecule has 3 atom stereocenters. The number of rotatable bonds is 4. The van der Waals surface area contributed by atoms with Gasteiger partial charge < -0.3 is 20.0 Å². The predicted octanol–water partition coefficient (Wildman–Crippen LogP) is 4.44. The normalized spacial score (nSPS) is 24.4. The molecule has 36 heavy (non-hydrogen) atoms. The van der Waals surface area contributed by atoms with Crippen molar-refractivity contribution in [1.82, 2.24) is 24.7 Å². The topological polar surface area (TPSA) is 56.1 Å². The van der Waals surface area contributed by atoms with Gasteiger partial charge in [0.1, 0.15) is 0 Å². The first-order valence-corrected chi connectivity index (χ1v) is 13.7. The maximum atomic E-state index is 12.4. The third-order valence-corrected chi connectivity index (χ3v) is 8.35. The fourth-order valence-electron chi connectivity index (χ4n) is 6.46. The molecule has 2 bridgehead atoms. The highest BCUT2D eigenvalue weighted by Crippen LogP contribution is 2.39. The molecule has 3 aliphatic rings. The minimum atomic E-state index is 0.0342. The zero-order valence-corrected chi connectivity index (χ0v) is 21.6. The first-order chi connectivity index (χ1) is 17.5. The van der Waals surface area contributed by atoms with Gasteiger partial charge in [-0.2, -0.15) is 5.10 Å². The van der Waals surface area contributed by atoms with Crippen LogP contribution in [-0.4, -0.2) is 77.3 Å². The summed E-state index contributed by atoms with van der Waals surface area (Å²) >= 11 is 0. The predicted molar refractivity (Wildman–Crippen MR) is 145 cm³/mol. The summed E-state index contributed by atoms with van der Waals surface area (Å²) in [5.41, 5.74) is 6.25. The molecule has 0 aliphatic carbocycles. The molecule has 0 radical (unpaired) electrons. The van der Waals surface area contributed by atoms with Crippen LogP contribution < -0.4 is 10.2 Å². The van der Waals surface area contributed by atoms with E-state index in [1.165, 1.54) is 61.3 Å². The third kappa shape index (κ3) is 4.57. The van der Waals surface area contributed by atoms with Crippen LogP contribution in [0.4, 0.5) is 10.5 Å². The van der Waals surface area contributed by atoms with E-state index >= 15 is 0 Å². The number of urea groups is 1. The lowest BCUT2D eigenvalue weighted by Gasteiger charge is -2.43. The molecule has 2 amide bonds. The summed E-state index contributed by atoms with van der Waals surface area (Å²) < 4.78 is 1.99. The third-order valence-electron chi connectivity index (χ3n) is 8.35. The highest BCUT2D eigenvalue weighted by Gasteiger charge is 2.32. The molecule has 0 saturated carbocycles. The van der Waals surface area contributed by atoms with Gasteiger partial charge in [0, 0.05) is 56.7 Å². The molecular formula is C29H38N6O. The summed E-state index contributed by atoms with van der Waals surface area (Å²) in [6, 6.07) is 13.9. The number of fused-ring (bicyclic) bond motifs is 3. The average Bonchev–Trinajstić information content (AvgIpc) is 3.34. The Labute approximate surface area is 214 Å². The summed E-state index contributed by atoms with van der Waals surface area (Å²) in [5.74, 6) is 1.53. The zero-order chi connectivity index (χ0) is 24.6. The van der Waals surface area contributed by atoms with E-state index in [-0.39, 0.29) is 12.1 Å². The molecule has 3 aromatic rings. The molecule has 3 unspecified atom stereocenters. The highest BCUT2D eigenvalue weighted by atomic mass is 16.2. The first-order valence-electron chi connectivity index (χ1n) is 13.7.